The molecule has 0 unspecified atom stereocenters. The second-order valence-corrected chi connectivity index (χ2v) is 7.71. The molecule has 2 rings (SSSR count). The molecule has 1 aromatic heterocycles. The van der Waals surface area contributed by atoms with Gasteiger partial charge in [0.1, 0.15) is 5.82 Å². The Kier molecular flexibility index (Phi) is 5.83. The van der Waals surface area contributed by atoms with Crippen molar-refractivity contribution >= 4 is 21.5 Å². The molecule has 0 aliphatic heterocycles. The van der Waals surface area contributed by atoms with Crippen molar-refractivity contribution in [1.82, 2.24) is 4.98 Å². The second kappa shape index (κ2) is 7.66. The third-order valence-corrected chi connectivity index (χ3v) is 5.39. The summed E-state index contributed by atoms with van der Waals surface area (Å²) in [5, 5.41) is 0. The van der Waals surface area contributed by atoms with Crippen LogP contribution in [-0.2, 0) is 10.0 Å². The molecular weight excluding hydrogens is 322 g/mol. The van der Waals surface area contributed by atoms with E-state index in [2.05, 4.69) is 21.5 Å². The molecule has 0 aliphatic rings. The van der Waals surface area contributed by atoms with Crippen LogP contribution < -0.4 is 9.62 Å². The molecule has 0 spiro atoms. The van der Waals surface area contributed by atoms with Gasteiger partial charge >= 0.3 is 0 Å². The number of nitrogens with zero attached hydrogens (tertiary/aromatic N) is 2. The van der Waals surface area contributed by atoms with Gasteiger partial charge in [0.15, 0.2) is 0 Å². The Balaban J connectivity index is 2.17. The normalized spacial score (nSPS) is 11.3. The van der Waals surface area contributed by atoms with Gasteiger partial charge in [-0.1, -0.05) is 25.5 Å². The number of pyridine rings is 1. The summed E-state index contributed by atoms with van der Waals surface area (Å²) in [6.07, 6.45) is 3.78. The Morgan fingerprint density at radius 1 is 1.17 bits per heavy atom. The van der Waals surface area contributed by atoms with Gasteiger partial charge in [-0.3, -0.25) is 4.72 Å². The molecule has 5 nitrogen and oxygen atoms in total. The van der Waals surface area contributed by atoms with Crippen molar-refractivity contribution in [3.8, 4) is 0 Å². The SMILES string of the molecule is CCCCN(C)c1ccc(NS(=O)(=O)c2cc(C)ccc2C)cn1. The van der Waals surface area contributed by atoms with Crippen LogP contribution in [0.1, 0.15) is 30.9 Å². The van der Waals surface area contributed by atoms with E-state index in [0.717, 1.165) is 36.3 Å². The zero-order valence-electron chi connectivity index (χ0n) is 14.7. The van der Waals surface area contributed by atoms with Gasteiger partial charge in [0.25, 0.3) is 10.0 Å². The minimum absolute atomic E-state index is 0.298. The molecule has 0 saturated heterocycles. The van der Waals surface area contributed by atoms with Gasteiger partial charge in [-0.15, -0.1) is 0 Å². The lowest BCUT2D eigenvalue weighted by Crippen LogP contribution is -2.19. The van der Waals surface area contributed by atoms with E-state index in [-0.39, 0.29) is 0 Å². The van der Waals surface area contributed by atoms with Crippen molar-refractivity contribution in [3.63, 3.8) is 0 Å². The molecule has 0 fully saturated rings. The maximum atomic E-state index is 12.6. The van der Waals surface area contributed by atoms with Crippen LogP contribution in [-0.4, -0.2) is 27.0 Å². The molecule has 2 aromatic rings. The number of rotatable bonds is 7. The summed E-state index contributed by atoms with van der Waals surface area (Å²) in [6.45, 7) is 6.74. The molecule has 0 amide bonds. The van der Waals surface area contributed by atoms with Crippen LogP contribution in [0.4, 0.5) is 11.5 Å². The van der Waals surface area contributed by atoms with E-state index in [1.165, 1.54) is 0 Å². The van der Waals surface area contributed by atoms with Crippen LogP contribution in [0.15, 0.2) is 41.4 Å². The minimum Gasteiger partial charge on any atom is -0.360 e. The molecular formula is C18H25N3O2S. The first-order chi connectivity index (χ1) is 11.3. The first-order valence-corrected chi connectivity index (χ1v) is 9.59. The van der Waals surface area contributed by atoms with Crippen LogP contribution in [0, 0.1) is 13.8 Å². The van der Waals surface area contributed by atoms with Crippen molar-refractivity contribution in [3.05, 3.63) is 47.7 Å². The number of hydrogen-bond acceptors (Lipinski definition) is 4. The number of benzene rings is 1. The van der Waals surface area contributed by atoms with Gasteiger partial charge in [-0.05, 0) is 49.6 Å². The Labute approximate surface area is 144 Å². The zero-order chi connectivity index (χ0) is 17.7. The molecule has 0 atom stereocenters. The fourth-order valence-corrected chi connectivity index (χ4v) is 3.76. The van der Waals surface area contributed by atoms with E-state index >= 15 is 0 Å². The Hall–Kier alpha value is -2.08. The van der Waals surface area contributed by atoms with Crippen LogP contribution >= 0.6 is 0 Å². The van der Waals surface area contributed by atoms with Crippen molar-refractivity contribution < 1.29 is 8.42 Å². The largest absolute Gasteiger partial charge is 0.360 e. The summed E-state index contributed by atoms with van der Waals surface area (Å²) in [5.74, 6) is 0.832. The van der Waals surface area contributed by atoms with Gasteiger partial charge in [0.2, 0.25) is 0 Å². The predicted molar refractivity (Wildman–Crippen MR) is 99.1 cm³/mol. The highest BCUT2D eigenvalue weighted by Gasteiger charge is 2.17. The highest BCUT2D eigenvalue weighted by Crippen LogP contribution is 2.21. The van der Waals surface area contributed by atoms with E-state index in [9.17, 15) is 8.42 Å². The lowest BCUT2D eigenvalue weighted by atomic mass is 10.2. The third kappa shape index (κ3) is 4.47. The van der Waals surface area contributed by atoms with E-state index in [0.29, 0.717) is 10.6 Å². The number of hydrogen-bond donors (Lipinski definition) is 1. The highest BCUT2D eigenvalue weighted by atomic mass is 32.2. The van der Waals surface area contributed by atoms with E-state index in [4.69, 9.17) is 0 Å². The Morgan fingerprint density at radius 2 is 1.92 bits per heavy atom. The number of aromatic nitrogens is 1. The fraction of sp³-hybridized carbons (Fsp3) is 0.389. The second-order valence-electron chi connectivity index (χ2n) is 6.05. The number of aryl methyl sites for hydroxylation is 2. The van der Waals surface area contributed by atoms with E-state index in [1.807, 2.05) is 32.2 Å². The first kappa shape index (κ1) is 18.3. The molecule has 0 aliphatic carbocycles. The quantitative estimate of drug-likeness (QED) is 0.829. The van der Waals surface area contributed by atoms with Gasteiger partial charge in [0.05, 0.1) is 16.8 Å². The van der Waals surface area contributed by atoms with Crippen LogP contribution in [0.25, 0.3) is 0 Å². The van der Waals surface area contributed by atoms with Gasteiger partial charge in [-0.2, -0.15) is 0 Å². The molecule has 0 radical (unpaired) electrons. The molecule has 0 saturated carbocycles. The topological polar surface area (TPSA) is 62.3 Å². The first-order valence-electron chi connectivity index (χ1n) is 8.10. The van der Waals surface area contributed by atoms with E-state index in [1.54, 1.807) is 25.3 Å². The van der Waals surface area contributed by atoms with Crippen molar-refractivity contribution in [2.75, 3.05) is 23.2 Å². The van der Waals surface area contributed by atoms with Crippen LogP contribution in [0.5, 0.6) is 0 Å². The smallest absolute Gasteiger partial charge is 0.262 e. The van der Waals surface area contributed by atoms with Gasteiger partial charge < -0.3 is 4.90 Å². The lowest BCUT2D eigenvalue weighted by molar-refractivity contribution is 0.600. The molecule has 1 aromatic carbocycles. The van der Waals surface area contributed by atoms with E-state index < -0.39 is 10.0 Å². The summed E-state index contributed by atoms with van der Waals surface area (Å²) in [4.78, 5) is 6.71. The third-order valence-electron chi connectivity index (χ3n) is 3.87. The lowest BCUT2D eigenvalue weighted by Gasteiger charge is -2.18. The molecule has 1 heterocycles. The predicted octanol–water partition coefficient (Wildman–Crippen LogP) is 3.74. The summed E-state index contributed by atoms with van der Waals surface area (Å²) in [5.41, 5.74) is 2.09. The fourth-order valence-electron chi connectivity index (χ4n) is 2.39. The Bertz CT molecular complexity index is 786. The average Bonchev–Trinajstić information content (AvgIpc) is 2.55. The standard InChI is InChI=1S/C18H25N3O2S/c1-5-6-11-21(4)18-10-9-16(13-19-18)20-24(22,23)17-12-14(2)7-8-15(17)3/h7-10,12-13,20H,5-6,11H2,1-4H3. The molecule has 24 heavy (non-hydrogen) atoms. The average molecular weight is 347 g/mol. The van der Waals surface area contributed by atoms with Crippen molar-refractivity contribution in [1.29, 1.82) is 0 Å². The van der Waals surface area contributed by atoms with Crippen LogP contribution in [0.3, 0.4) is 0 Å². The number of anilines is 2. The number of unbranched alkanes of at least 4 members (excludes halogenated alkanes) is 1. The molecule has 0 bridgehead atoms. The van der Waals surface area contributed by atoms with Crippen LogP contribution in [0.2, 0.25) is 0 Å². The summed E-state index contributed by atoms with van der Waals surface area (Å²) in [7, 11) is -1.63. The number of nitrogens with one attached hydrogen (secondary N) is 1. The minimum atomic E-state index is -3.62. The molecule has 6 heteroatoms. The Morgan fingerprint density at radius 3 is 2.54 bits per heavy atom. The molecule has 1 N–H and O–H groups in total. The molecule has 130 valence electrons. The number of sulfonamides is 1. The van der Waals surface area contributed by atoms with Crippen molar-refractivity contribution in [2.24, 2.45) is 0 Å². The van der Waals surface area contributed by atoms with Gasteiger partial charge in [-0.25, -0.2) is 13.4 Å². The summed E-state index contributed by atoms with van der Waals surface area (Å²) in [6, 6.07) is 8.97. The summed E-state index contributed by atoms with van der Waals surface area (Å²) < 4.78 is 27.8. The highest BCUT2D eigenvalue weighted by molar-refractivity contribution is 7.92. The maximum absolute atomic E-state index is 12.6. The summed E-state index contributed by atoms with van der Waals surface area (Å²) >= 11 is 0. The van der Waals surface area contributed by atoms with Crippen molar-refractivity contribution in [2.45, 2.75) is 38.5 Å². The zero-order valence-corrected chi connectivity index (χ0v) is 15.5. The van der Waals surface area contributed by atoms with Gasteiger partial charge in [0, 0.05) is 13.6 Å². The maximum Gasteiger partial charge on any atom is 0.262 e. The monoisotopic (exact) mass is 347 g/mol.